The largest absolute Gasteiger partial charge is 0.504 e. The molecule has 34 nitrogen and oxygen atoms in total. The van der Waals surface area contributed by atoms with Crippen molar-refractivity contribution in [3.8, 4) is 115 Å². The van der Waals surface area contributed by atoms with Crippen molar-refractivity contribution in [1.82, 2.24) is 0 Å². The number of phenols is 6. The van der Waals surface area contributed by atoms with Gasteiger partial charge in [0.05, 0.1) is 131 Å². The number of cyclic esters (lactones) is 4. The van der Waals surface area contributed by atoms with Crippen LogP contribution in [0.4, 0.5) is 0 Å². The first-order chi connectivity index (χ1) is 63.2. The molecule has 10 aromatic rings. The summed E-state index contributed by atoms with van der Waals surface area (Å²) in [5, 5.41) is 107. The second-order valence-corrected chi connectivity index (χ2v) is 32.9. The Kier molecular flexibility index (Phi) is 23.0. The summed E-state index contributed by atoms with van der Waals surface area (Å²) in [5.41, 5.74) is 9.53. The maximum atomic E-state index is 13.3. The number of rotatable bonds is 16. The third-order valence-electron chi connectivity index (χ3n) is 26.4. The monoisotopic (exact) mass is 1800 g/mol. The fraction of sp³-hybridized carbons (Fsp3) is 0.320. The number of esters is 4. The summed E-state index contributed by atoms with van der Waals surface area (Å²) in [6, 6.07) is 40.2. The van der Waals surface area contributed by atoms with Gasteiger partial charge in [-0.2, -0.15) is 0 Å². The molecular weight excluding hydrogens is 1710 g/mol. The predicted octanol–water partition coefficient (Wildman–Crippen LogP) is 11.2. The number of benzene rings is 10. The van der Waals surface area contributed by atoms with Gasteiger partial charge in [-0.1, -0.05) is 36.4 Å². The average Bonchev–Trinajstić information content (AvgIpc) is 1.61. The van der Waals surface area contributed by atoms with Gasteiger partial charge in [0, 0.05) is 69.6 Å². The van der Waals surface area contributed by atoms with E-state index >= 15 is 0 Å². The lowest BCUT2D eigenvalue weighted by Gasteiger charge is -2.37. The summed E-state index contributed by atoms with van der Waals surface area (Å²) in [6.07, 6.45) is -4.36. The number of phenolic OH excluding ortho intramolecular Hbond substituents is 6. The van der Waals surface area contributed by atoms with Crippen molar-refractivity contribution in [1.29, 1.82) is 0 Å². The van der Waals surface area contributed by atoms with Crippen LogP contribution in [0.15, 0.2) is 146 Å². The summed E-state index contributed by atoms with van der Waals surface area (Å²) in [6.45, 7) is 0.368. The van der Waals surface area contributed by atoms with Gasteiger partial charge in [0.1, 0.15) is 12.6 Å². The van der Waals surface area contributed by atoms with Crippen molar-refractivity contribution in [3.05, 3.63) is 235 Å². The zero-order valence-corrected chi connectivity index (χ0v) is 71.2. The molecular formula is C97H88O34. The number of carbonyl (C=O) groups excluding carboxylic acids is 6. The summed E-state index contributed by atoms with van der Waals surface area (Å²) < 4.78 is 101. The molecule has 11 aliphatic rings. The zero-order chi connectivity index (χ0) is 92.1. The van der Waals surface area contributed by atoms with Crippen LogP contribution >= 0.6 is 0 Å². The van der Waals surface area contributed by atoms with Gasteiger partial charge in [-0.3, -0.25) is 28.8 Å². The van der Waals surface area contributed by atoms with E-state index in [2.05, 4.69) is 0 Å². The molecule has 680 valence electrons. The van der Waals surface area contributed by atoms with E-state index in [4.69, 9.17) is 85.3 Å². The minimum Gasteiger partial charge on any atom is -0.504 e. The quantitative estimate of drug-likeness (QED) is 0.0186. The maximum Gasteiger partial charge on any atom is 0.310 e. The molecule has 4 saturated heterocycles. The van der Waals surface area contributed by atoms with E-state index in [1.807, 2.05) is 24.3 Å². The number of hydrogen-bond donors (Lipinski definition) is 10. The van der Waals surface area contributed by atoms with Gasteiger partial charge in [-0.15, -0.1) is 0 Å². The van der Waals surface area contributed by atoms with Crippen molar-refractivity contribution in [2.75, 3.05) is 90.1 Å². The van der Waals surface area contributed by atoms with Crippen LogP contribution in [0, 0.1) is 47.3 Å². The van der Waals surface area contributed by atoms with Crippen LogP contribution in [0.3, 0.4) is 0 Å². The number of aldehydes is 2. The fourth-order valence-electron chi connectivity index (χ4n) is 20.1. The summed E-state index contributed by atoms with van der Waals surface area (Å²) in [5.74, 6) is -6.00. The van der Waals surface area contributed by atoms with Crippen molar-refractivity contribution in [3.63, 3.8) is 0 Å². The molecule has 10 N–H and O–H groups in total. The van der Waals surface area contributed by atoms with Gasteiger partial charge in [-0.25, -0.2) is 0 Å². The zero-order valence-electron chi connectivity index (χ0n) is 71.2. The molecule has 7 aliphatic heterocycles. The Bertz CT molecular complexity index is 5960. The van der Waals surface area contributed by atoms with Crippen LogP contribution < -0.4 is 66.3 Å². The molecule has 0 spiro atoms. The molecule has 0 amide bonds. The van der Waals surface area contributed by atoms with Gasteiger partial charge in [-0.05, 0) is 176 Å². The highest BCUT2D eigenvalue weighted by atomic mass is 16.7. The number of carbonyl (C=O) groups is 6. The molecule has 0 radical (unpaired) electrons. The van der Waals surface area contributed by atoms with Gasteiger partial charge in [0.2, 0.25) is 29.8 Å². The Hall–Kier alpha value is -14.7. The Morgan fingerprint density at radius 2 is 0.519 bits per heavy atom. The smallest absolute Gasteiger partial charge is 0.310 e. The topological polar surface area (TPSA) is 471 Å². The molecule has 21 rings (SSSR count). The lowest BCUT2D eigenvalue weighted by atomic mass is 9.66. The van der Waals surface area contributed by atoms with E-state index in [0.29, 0.717) is 131 Å². The van der Waals surface area contributed by atoms with Crippen molar-refractivity contribution < 1.29 is 165 Å². The number of aromatic hydroxyl groups is 6. The van der Waals surface area contributed by atoms with Crippen molar-refractivity contribution >= 4 is 36.4 Å². The standard InChI is InChI=1S/C48H42O16.C21H20O8.C20H20O8.C8H6O2/c1-55-33-9-21(10-34(56-2)43(33)51)37-23-13-29-31(15-25(23)41(49)27-17-59-45(53)39(27)37)63-47(61-29)19-6-5-7-20(8-19)48-62-30-14-24-26(16-32(30)64-48)42(50)28-18-60-46(54)40(28)38(24)22-11-35(57-3)44(52)36(12-22)58-4;1-25-15-3-9(4-16(26-2)20(15)23)17-10-5-13-14(29-8-28-13)6-11(10)19(22)12-7-27-21(24)18(12)17;1-26-14-3-8(4-15(27-2)19(14)24)16-9-5-12(21)13(22)6-10(9)18(23)11-7-28-20(25)17(11)16;9-5-7-2-1-3-8(4-7)6-10/h5-16,27-28,37-42,47-52H,17-18H2,1-4H3;3-6,12,17-19,22-23H,7-8H2,1-2H3;3-6,11,16-18,21-24H,7H2,1-2H3;1-6H/t27-,28-,37+,38+,39-,40-,41+,42+,47?,48?;12-,17+,18-,19+;11-,16+,17-,18+;/m000./s1. The van der Waals surface area contributed by atoms with Crippen LogP contribution in [0.1, 0.15) is 159 Å². The molecule has 7 heterocycles. The summed E-state index contributed by atoms with van der Waals surface area (Å²) in [4.78, 5) is 72.1. The Morgan fingerprint density at radius 1 is 0.282 bits per heavy atom. The Balaban J connectivity index is 0.000000141. The number of aliphatic hydroxyl groups is 4. The van der Waals surface area contributed by atoms with Gasteiger partial charge < -0.3 is 136 Å². The van der Waals surface area contributed by atoms with Crippen LogP contribution in [0.25, 0.3) is 0 Å². The lowest BCUT2D eigenvalue weighted by molar-refractivity contribution is -0.142. The third kappa shape index (κ3) is 14.9. The average molecular weight is 1800 g/mol. The van der Waals surface area contributed by atoms with Crippen molar-refractivity contribution in [2.24, 2.45) is 47.3 Å². The van der Waals surface area contributed by atoms with Crippen LogP contribution in [-0.2, 0) is 38.1 Å². The van der Waals surface area contributed by atoms with E-state index in [1.54, 1.807) is 109 Å². The van der Waals surface area contributed by atoms with E-state index in [-0.39, 0.29) is 120 Å². The fourth-order valence-corrected chi connectivity index (χ4v) is 20.1. The van der Waals surface area contributed by atoms with E-state index < -0.39 is 126 Å². The Morgan fingerprint density at radius 3 is 0.794 bits per heavy atom. The molecule has 34 heteroatoms. The molecule has 18 atom stereocenters. The van der Waals surface area contributed by atoms with Crippen LogP contribution in [0.5, 0.6) is 115 Å². The molecule has 4 aliphatic carbocycles. The minimum absolute atomic E-state index is 0.0360. The van der Waals surface area contributed by atoms with Crippen LogP contribution in [0.2, 0.25) is 0 Å². The molecule has 131 heavy (non-hydrogen) atoms. The van der Waals surface area contributed by atoms with Gasteiger partial charge >= 0.3 is 23.9 Å². The van der Waals surface area contributed by atoms with Crippen molar-refractivity contribution in [2.45, 2.75) is 60.7 Å². The number of fused-ring (bicyclic) bond motifs is 11. The number of ether oxygens (including phenoxy) is 18. The second kappa shape index (κ2) is 34.7. The first-order valence-electron chi connectivity index (χ1n) is 41.6. The summed E-state index contributed by atoms with van der Waals surface area (Å²) >= 11 is 0. The Labute approximate surface area is 745 Å². The number of hydrogen-bond acceptors (Lipinski definition) is 34. The molecule has 0 aromatic heterocycles. The SMILES string of the molecule is COc1cc([C@@H]2c3cc(O)c(O)cc3[C@@H](O)[C@H]3COC(=O)[C@H]23)cc(OC)c1O.COc1cc([C@@H]2c3cc4c(cc3[C@@H](O)[C@H]3COC(=O)[C@H]23)OC(c2cccc(C3Oc5cc6c(cc5O3)[C@@H](O)[C@H]3COC(=O)[C@@H]3[C@@H]6c3cc(OC)c(O)c(OC)c3)c2)O4)cc(OC)c1O.COc1cc([C@@H]2c3cc4c(cc3[C@@H](O)[C@H]3COC(=O)[C@H]23)OCO4)cc(OC)c1O.O=Cc1cccc(C=O)c1. The first-order valence-corrected chi connectivity index (χ1v) is 41.6. The van der Waals surface area contributed by atoms with E-state index in [0.717, 1.165) is 5.56 Å². The van der Waals surface area contributed by atoms with Gasteiger partial charge in [0.15, 0.2) is 92.0 Å². The molecule has 0 saturated carbocycles. The van der Waals surface area contributed by atoms with Gasteiger partial charge in [0.25, 0.3) is 12.6 Å². The second-order valence-electron chi connectivity index (χ2n) is 32.9. The minimum atomic E-state index is -1.04. The lowest BCUT2D eigenvalue weighted by Crippen LogP contribution is -2.34. The van der Waals surface area contributed by atoms with E-state index in [9.17, 15) is 79.8 Å². The van der Waals surface area contributed by atoms with Crippen LogP contribution in [-0.4, -0.2) is 178 Å². The maximum absolute atomic E-state index is 13.3. The predicted molar refractivity (Wildman–Crippen MR) is 451 cm³/mol. The number of methoxy groups -OCH3 is 8. The first kappa shape index (κ1) is 87.0. The highest BCUT2D eigenvalue weighted by Crippen LogP contribution is 2.62. The number of aliphatic hydroxyl groups excluding tert-OH is 4. The summed E-state index contributed by atoms with van der Waals surface area (Å²) in [7, 11) is 11.4. The molecule has 0 bridgehead atoms. The molecule has 10 aromatic carbocycles. The van der Waals surface area contributed by atoms with E-state index in [1.165, 1.54) is 69.0 Å². The molecule has 4 fully saturated rings. The highest BCUT2D eigenvalue weighted by Gasteiger charge is 2.58. The highest BCUT2D eigenvalue weighted by molar-refractivity contribution is 5.84. The normalized spacial score (nSPS) is 25.6. The molecule has 2 unspecified atom stereocenters. The third-order valence-corrected chi connectivity index (χ3v) is 26.4.